The summed E-state index contributed by atoms with van der Waals surface area (Å²) in [5, 5.41) is 10.3. The van der Waals surface area contributed by atoms with Gasteiger partial charge in [0.25, 0.3) is 5.91 Å². The van der Waals surface area contributed by atoms with Crippen LogP contribution in [0.15, 0.2) is 36.7 Å². The van der Waals surface area contributed by atoms with Gasteiger partial charge in [-0.25, -0.2) is 0 Å². The van der Waals surface area contributed by atoms with E-state index in [4.69, 9.17) is 0 Å². The maximum atomic E-state index is 11.6. The van der Waals surface area contributed by atoms with Crippen molar-refractivity contribution < 1.29 is 4.79 Å². The van der Waals surface area contributed by atoms with E-state index >= 15 is 0 Å². The first-order chi connectivity index (χ1) is 9.72. The summed E-state index contributed by atoms with van der Waals surface area (Å²) in [7, 11) is 0. The summed E-state index contributed by atoms with van der Waals surface area (Å²) in [6.07, 6.45) is 3.88. The number of aromatic nitrogens is 2. The second-order valence-corrected chi connectivity index (χ2v) is 4.49. The van der Waals surface area contributed by atoms with Crippen molar-refractivity contribution in [3.63, 3.8) is 0 Å². The van der Waals surface area contributed by atoms with Gasteiger partial charge < -0.3 is 10.6 Å². The molecule has 0 aliphatic carbocycles. The number of nitrogens with zero attached hydrogens (tertiary/aromatic N) is 2. The lowest BCUT2D eigenvalue weighted by Gasteiger charge is -2.06. The van der Waals surface area contributed by atoms with Gasteiger partial charge in [0.15, 0.2) is 0 Å². The van der Waals surface area contributed by atoms with Crippen LogP contribution in [0.1, 0.15) is 29.8 Å². The Morgan fingerprint density at radius 2 is 2.00 bits per heavy atom. The van der Waals surface area contributed by atoms with Crippen molar-refractivity contribution in [1.29, 1.82) is 0 Å². The lowest BCUT2D eigenvalue weighted by molar-refractivity contribution is 0.0956. The fraction of sp³-hybridized carbons (Fsp3) is 0.333. The smallest absolute Gasteiger partial charge is 0.251 e. The number of benzene rings is 1. The number of hydrogen-bond acceptors (Lipinski definition) is 3. The molecule has 2 N–H and O–H groups in total. The van der Waals surface area contributed by atoms with Crippen LogP contribution in [0, 0.1) is 0 Å². The van der Waals surface area contributed by atoms with Crippen LogP contribution in [0.2, 0.25) is 0 Å². The van der Waals surface area contributed by atoms with Gasteiger partial charge in [-0.1, -0.05) is 0 Å². The van der Waals surface area contributed by atoms with E-state index in [9.17, 15) is 4.79 Å². The molecule has 1 heterocycles. The molecule has 0 aliphatic rings. The summed E-state index contributed by atoms with van der Waals surface area (Å²) in [5.41, 5.74) is 2.80. The van der Waals surface area contributed by atoms with Crippen molar-refractivity contribution in [3.8, 4) is 0 Å². The Hall–Kier alpha value is -2.30. The van der Waals surface area contributed by atoms with Crippen molar-refractivity contribution in [2.24, 2.45) is 0 Å². The van der Waals surface area contributed by atoms with E-state index in [1.807, 2.05) is 48.3 Å². The average molecular weight is 272 g/mol. The Morgan fingerprint density at radius 1 is 1.25 bits per heavy atom. The Kier molecular flexibility index (Phi) is 4.76. The van der Waals surface area contributed by atoms with E-state index in [0.717, 1.165) is 24.3 Å². The van der Waals surface area contributed by atoms with Gasteiger partial charge in [0.05, 0.1) is 6.20 Å². The van der Waals surface area contributed by atoms with Crippen LogP contribution in [-0.4, -0.2) is 22.2 Å². The highest BCUT2D eigenvalue weighted by Gasteiger charge is 2.03. The standard InChI is InChI=1S/C15H20N4O/c1-3-16-15(20)13-5-7-14(8-6-13)17-9-12-10-18-19(4-2)11-12/h5-8,10-11,17H,3-4,9H2,1-2H3,(H,16,20). The molecule has 0 aliphatic heterocycles. The predicted octanol–water partition coefficient (Wildman–Crippen LogP) is 2.26. The van der Waals surface area contributed by atoms with E-state index in [1.165, 1.54) is 0 Å². The number of hydrogen-bond donors (Lipinski definition) is 2. The van der Waals surface area contributed by atoms with Crippen LogP contribution < -0.4 is 10.6 Å². The summed E-state index contributed by atoms with van der Waals surface area (Å²) >= 11 is 0. The fourth-order valence-electron chi connectivity index (χ4n) is 1.88. The lowest BCUT2D eigenvalue weighted by atomic mass is 10.2. The van der Waals surface area contributed by atoms with Crippen LogP contribution in [0.3, 0.4) is 0 Å². The SMILES string of the molecule is CCNC(=O)c1ccc(NCc2cnn(CC)c2)cc1. The Bertz CT molecular complexity index is 560. The summed E-state index contributed by atoms with van der Waals surface area (Å²) in [4.78, 5) is 11.6. The van der Waals surface area contributed by atoms with Crippen molar-refractivity contribution in [1.82, 2.24) is 15.1 Å². The number of carbonyl (C=O) groups is 1. The highest BCUT2D eigenvalue weighted by Crippen LogP contribution is 2.11. The zero-order valence-corrected chi connectivity index (χ0v) is 11.9. The molecule has 106 valence electrons. The Morgan fingerprint density at radius 3 is 2.60 bits per heavy atom. The summed E-state index contributed by atoms with van der Waals surface area (Å²) in [5.74, 6) is -0.0386. The zero-order valence-electron chi connectivity index (χ0n) is 11.9. The Labute approximate surface area is 119 Å². The third-order valence-electron chi connectivity index (χ3n) is 2.99. The second kappa shape index (κ2) is 6.75. The summed E-state index contributed by atoms with van der Waals surface area (Å²) in [6, 6.07) is 7.47. The van der Waals surface area contributed by atoms with Gasteiger partial charge in [-0.2, -0.15) is 5.10 Å². The molecule has 5 heteroatoms. The largest absolute Gasteiger partial charge is 0.381 e. The molecule has 0 saturated carbocycles. The maximum Gasteiger partial charge on any atom is 0.251 e. The van der Waals surface area contributed by atoms with Crippen LogP contribution in [-0.2, 0) is 13.1 Å². The van der Waals surface area contributed by atoms with Crippen LogP contribution >= 0.6 is 0 Å². The highest BCUT2D eigenvalue weighted by molar-refractivity contribution is 5.94. The minimum atomic E-state index is -0.0386. The van der Waals surface area contributed by atoms with Crippen LogP contribution in [0.25, 0.3) is 0 Å². The molecule has 1 aromatic heterocycles. The minimum absolute atomic E-state index is 0.0386. The molecule has 0 radical (unpaired) electrons. The lowest BCUT2D eigenvalue weighted by Crippen LogP contribution is -2.22. The molecule has 0 spiro atoms. The molecule has 1 amide bonds. The molecule has 0 atom stereocenters. The van der Waals surface area contributed by atoms with Gasteiger partial charge in [0, 0.05) is 42.6 Å². The van der Waals surface area contributed by atoms with E-state index in [0.29, 0.717) is 12.1 Å². The number of aryl methyl sites for hydroxylation is 1. The molecular formula is C15H20N4O. The van der Waals surface area contributed by atoms with Crippen LogP contribution in [0.5, 0.6) is 0 Å². The van der Waals surface area contributed by atoms with Crippen LogP contribution in [0.4, 0.5) is 5.69 Å². The van der Waals surface area contributed by atoms with Gasteiger partial charge in [-0.05, 0) is 38.1 Å². The number of rotatable bonds is 6. The highest BCUT2D eigenvalue weighted by atomic mass is 16.1. The van der Waals surface area contributed by atoms with Gasteiger partial charge in [-0.3, -0.25) is 9.48 Å². The monoisotopic (exact) mass is 272 g/mol. The molecule has 0 fully saturated rings. The van der Waals surface area contributed by atoms with Crippen molar-refractivity contribution >= 4 is 11.6 Å². The van der Waals surface area contributed by atoms with Gasteiger partial charge in [0.2, 0.25) is 0 Å². The minimum Gasteiger partial charge on any atom is -0.381 e. The molecule has 2 rings (SSSR count). The molecule has 0 bridgehead atoms. The molecule has 0 unspecified atom stereocenters. The van der Waals surface area contributed by atoms with Gasteiger partial charge in [-0.15, -0.1) is 0 Å². The van der Waals surface area contributed by atoms with E-state index in [2.05, 4.69) is 22.7 Å². The van der Waals surface area contributed by atoms with Crippen molar-refractivity contribution in [2.75, 3.05) is 11.9 Å². The van der Waals surface area contributed by atoms with Gasteiger partial charge >= 0.3 is 0 Å². The Balaban J connectivity index is 1.92. The summed E-state index contributed by atoms with van der Waals surface area (Å²) < 4.78 is 1.90. The first-order valence-corrected chi connectivity index (χ1v) is 6.86. The predicted molar refractivity (Wildman–Crippen MR) is 79.7 cm³/mol. The molecule has 2 aromatic rings. The maximum absolute atomic E-state index is 11.6. The first-order valence-electron chi connectivity index (χ1n) is 6.86. The normalized spacial score (nSPS) is 10.3. The molecule has 20 heavy (non-hydrogen) atoms. The first kappa shape index (κ1) is 14.1. The fourth-order valence-corrected chi connectivity index (χ4v) is 1.88. The molecule has 5 nitrogen and oxygen atoms in total. The topological polar surface area (TPSA) is 59.0 Å². The third kappa shape index (κ3) is 3.60. The number of amides is 1. The summed E-state index contributed by atoms with van der Waals surface area (Å²) in [6.45, 7) is 6.20. The van der Waals surface area contributed by atoms with Gasteiger partial charge in [0.1, 0.15) is 0 Å². The third-order valence-corrected chi connectivity index (χ3v) is 2.99. The second-order valence-electron chi connectivity index (χ2n) is 4.49. The average Bonchev–Trinajstić information content (AvgIpc) is 2.94. The number of carbonyl (C=O) groups excluding carboxylic acids is 1. The quantitative estimate of drug-likeness (QED) is 0.848. The van der Waals surface area contributed by atoms with E-state index in [-0.39, 0.29) is 5.91 Å². The van der Waals surface area contributed by atoms with Crippen molar-refractivity contribution in [3.05, 3.63) is 47.8 Å². The number of nitrogens with one attached hydrogen (secondary N) is 2. The van der Waals surface area contributed by atoms with Crippen molar-refractivity contribution in [2.45, 2.75) is 26.9 Å². The zero-order chi connectivity index (χ0) is 14.4. The van der Waals surface area contributed by atoms with E-state index in [1.54, 1.807) is 0 Å². The molecule has 0 saturated heterocycles. The molecule has 1 aromatic carbocycles. The van der Waals surface area contributed by atoms with E-state index < -0.39 is 0 Å². The number of anilines is 1. The molecular weight excluding hydrogens is 252 g/mol.